The molecule has 0 atom stereocenters. The van der Waals surface area contributed by atoms with Crippen LogP contribution in [0.1, 0.15) is 44.5 Å². The van der Waals surface area contributed by atoms with Crippen molar-refractivity contribution in [3.63, 3.8) is 0 Å². The summed E-state index contributed by atoms with van der Waals surface area (Å²) in [5.74, 6) is 0. The molecule has 7 aromatic carbocycles. The molecule has 0 aliphatic rings. The van der Waals surface area contributed by atoms with E-state index in [0.29, 0.717) is 5.56 Å². The minimum Gasteiger partial charge on any atom is -0.256 e. The number of hydrogen-bond acceptors (Lipinski definition) is 4. The van der Waals surface area contributed by atoms with Gasteiger partial charge in [0.25, 0.3) is 0 Å². The fourth-order valence-electron chi connectivity index (χ4n) is 9.62. The Labute approximate surface area is 406 Å². The van der Waals surface area contributed by atoms with Crippen LogP contribution in [0.4, 0.5) is 0 Å². The van der Waals surface area contributed by atoms with Gasteiger partial charge in [-0.05, 0) is 178 Å². The molecule has 0 bridgehead atoms. The SMILES string of the molecule is Cc1ccc(-c2ccc(-c3ccccc3-c3cc(CCc4ccc(-c5ccccn5)cc4)cc(CCc4ccc(-c5ccccn5)cc4)c3)c(-c3ccc(-c4c(C)cc(C#N)cc4C)cc3)c2)nc1. The van der Waals surface area contributed by atoms with Gasteiger partial charge in [-0.25, -0.2) is 0 Å². The summed E-state index contributed by atoms with van der Waals surface area (Å²) in [4.78, 5) is 14.0. The lowest BCUT2D eigenvalue weighted by molar-refractivity contribution is 0.931. The Bertz CT molecular complexity index is 3300. The number of aryl methyl sites for hydroxylation is 7. The third kappa shape index (κ3) is 10.1. The van der Waals surface area contributed by atoms with Gasteiger partial charge in [-0.15, -0.1) is 0 Å². The molecule has 10 rings (SSSR count). The van der Waals surface area contributed by atoms with Crippen LogP contribution in [-0.2, 0) is 25.7 Å². The third-order valence-electron chi connectivity index (χ3n) is 13.2. The van der Waals surface area contributed by atoms with E-state index in [4.69, 9.17) is 4.98 Å². The molecule has 69 heavy (non-hydrogen) atoms. The molecule has 3 heterocycles. The minimum atomic E-state index is 0.687. The van der Waals surface area contributed by atoms with Gasteiger partial charge in [0.2, 0.25) is 0 Å². The fraction of sp³-hybridized carbons (Fsp3) is 0.108. The van der Waals surface area contributed by atoms with E-state index in [0.717, 1.165) is 98.4 Å². The van der Waals surface area contributed by atoms with Crippen molar-refractivity contribution < 1.29 is 0 Å². The molecule has 4 nitrogen and oxygen atoms in total. The van der Waals surface area contributed by atoms with Gasteiger partial charge < -0.3 is 0 Å². The minimum absolute atomic E-state index is 0.687. The first kappa shape index (κ1) is 44.3. The van der Waals surface area contributed by atoms with Crippen molar-refractivity contribution in [2.24, 2.45) is 0 Å². The predicted octanol–water partition coefficient (Wildman–Crippen LogP) is 15.9. The van der Waals surface area contributed by atoms with Crippen LogP contribution >= 0.6 is 0 Å². The van der Waals surface area contributed by atoms with Crippen LogP contribution in [-0.4, -0.2) is 15.0 Å². The summed E-state index contributed by atoms with van der Waals surface area (Å²) < 4.78 is 0. The van der Waals surface area contributed by atoms with E-state index in [9.17, 15) is 5.26 Å². The summed E-state index contributed by atoms with van der Waals surface area (Å²) in [6, 6.07) is 72.2. The van der Waals surface area contributed by atoms with Crippen LogP contribution in [0.3, 0.4) is 0 Å². The average Bonchev–Trinajstić information content (AvgIpc) is 3.40. The summed E-state index contributed by atoms with van der Waals surface area (Å²) in [6.07, 6.45) is 9.32. The lowest BCUT2D eigenvalue weighted by Crippen LogP contribution is -1.98. The lowest BCUT2D eigenvalue weighted by Gasteiger charge is -2.18. The molecule has 0 amide bonds. The smallest absolute Gasteiger partial charge is 0.0991 e. The summed E-state index contributed by atoms with van der Waals surface area (Å²) >= 11 is 0. The zero-order valence-corrected chi connectivity index (χ0v) is 39.3. The number of nitrogens with zero attached hydrogens (tertiary/aromatic N) is 4. The van der Waals surface area contributed by atoms with E-state index >= 15 is 0 Å². The van der Waals surface area contributed by atoms with Crippen molar-refractivity contribution in [1.82, 2.24) is 15.0 Å². The summed E-state index contributed by atoms with van der Waals surface area (Å²) in [5, 5.41) is 9.62. The second-order valence-electron chi connectivity index (χ2n) is 18.1. The van der Waals surface area contributed by atoms with Gasteiger partial charge in [0.15, 0.2) is 0 Å². The molecule has 10 aromatic rings. The number of pyridine rings is 3. The van der Waals surface area contributed by atoms with Crippen LogP contribution in [0.2, 0.25) is 0 Å². The van der Waals surface area contributed by atoms with Crippen molar-refractivity contribution in [2.75, 3.05) is 0 Å². The maximum absolute atomic E-state index is 9.62. The first-order valence-corrected chi connectivity index (χ1v) is 23.8. The number of aromatic nitrogens is 3. The van der Waals surface area contributed by atoms with Gasteiger partial charge in [-0.1, -0.05) is 146 Å². The van der Waals surface area contributed by atoms with E-state index in [1.807, 2.05) is 55.0 Å². The Balaban J connectivity index is 1.03. The molecule has 0 unspecified atom stereocenters. The monoisotopic (exact) mass is 888 g/mol. The molecule has 4 heteroatoms. The van der Waals surface area contributed by atoms with Crippen LogP contribution < -0.4 is 0 Å². The Kier molecular flexibility index (Phi) is 12.9. The van der Waals surface area contributed by atoms with E-state index in [2.05, 4.69) is 195 Å². The Morgan fingerprint density at radius 3 is 1.39 bits per heavy atom. The van der Waals surface area contributed by atoms with Crippen molar-refractivity contribution in [1.29, 1.82) is 5.26 Å². The van der Waals surface area contributed by atoms with Gasteiger partial charge in [0, 0.05) is 35.3 Å². The highest BCUT2D eigenvalue weighted by Crippen LogP contribution is 2.42. The molecule has 0 aliphatic carbocycles. The van der Waals surface area contributed by atoms with Crippen LogP contribution in [0.15, 0.2) is 213 Å². The zero-order chi connectivity index (χ0) is 47.1. The van der Waals surface area contributed by atoms with Crippen LogP contribution in [0, 0.1) is 32.1 Å². The summed E-state index contributed by atoms with van der Waals surface area (Å²) in [7, 11) is 0. The molecule has 0 spiro atoms. The molecule has 0 radical (unpaired) electrons. The van der Waals surface area contributed by atoms with Gasteiger partial charge in [0.1, 0.15) is 0 Å². The standard InChI is InChI=1S/C65H52N4/c1-44-14-33-64(69-43-44)56-31-32-60(61(41-56)52-27-29-55(30-28-52)65-45(2)36-51(42-66)37-46(65)3)59-11-5-4-10-58(59)57-39-49(17-15-47-19-23-53(24-20-47)62-12-6-8-34-67-62)38-50(40-57)18-16-48-21-25-54(26-22-48)63-13-7-9-35-68-63/h4-14,19-41,43H,15-18H2,1-3H3. The molecule has 0 aliphatic heterocycles. The fourth-order valence-corrected chi connectivity index (χ4v) is 9.62. The van der Waals surface area contributed by atoms with E-state index in [1.54, 1.807) is 0 Å². The van der Waals surface area contributed by atoms with Crippen molar-refractivity contribution >= 4 is 0 Å². The second kappa shape index (κ2) is 20.1. The molecule has 3 aromatic heterocycles. The highest BCUT2D eigenvalue weighted by Gasteiger charge is 2.17. The average molecular weight is 889 g/mol. The summed E-state index contributed by atoms with van der Waals surface area (Å²) in [6.45, 7) is 6.25. The molecular formula is C65H52N4. The van der Waals surface area contributed by atoms with Crippen molar-refractivity contribution in [3.8, 4) is 84.3 Å². The predicted molar refractivity (Wildman–Crippen MR) is 285 cm³/mol. The maximum atomic E-state index is 9.62. The van der Waals surface area contributed by atoms with Gasteiger partial charge in [-0.2, -0.15) is 5.26 Å². The van der Waals surface area contributed by atoms with Gasteiger partial charge >= 0.3 is 0 Å². The second-order valence-corrected chi connectivity index (χ2v) is 18.1. The van der Waals surface area contributed by atoms with E-state index < -0.39 is 0 Å². The van der Waals surface area contributed by atoms with E-state index in [-0.39, 0.29) is 0 Å². The number of nitriles is 1. The number of benzene rings is 7. The lowest BCUT2D eigenvalue weighted by atomic mass is 9.86. The Morgan fingerprint density at radius 1 is 0.362 bits per heavy atom. The molecular weight excluding hydrogens is 837 g/mol. The topological polar surface area (TPSA) is 62.5 Å². The largest absolute Gasteiger partial charge is 0.256 e. The molecule has 332 valence electrons. The maximum Gasteiger partial charge on any atom is 0.0991 e. The highest BCUT2D eigenvalue weighted by molar-refractivity contribution is 5.94. The molecule has 0 N–H and O–H groups in total. The number of rotatable bonds is 13. The number of hydrogen-bond donors (Lipinski definition) is 0. The van der Waals surface area contributed by atoms with E-state index in [1.165, 1.54) is 44.5 Å². The highest BCUT2D eigenvalue weighted by atomic mass is 14.7. The quantitative estimate of drug-likeness (QED) is 0.116. The normalized spacial score (nSPS) is 11.0. The Morgan fingerprint density at radius 2 is 0.855 bits per heavy atom. The zero-order valence-electron chi connectivity index (χ0n) is 39.3. The first-order valence-electron chi connectivity index (χ1n) is 23.8. The van der Waals surface area contributed by atoms with Gasteiger partial charge in [0.05, 0.1) is 28.7 Å². The first-order chi connectivity index (χ1) is 33.8. The molecule has 0 saturated carbocycles. The van der Waals surface area contributed by atoms with Crippen LogP contribution in [0.5, 0.6) is 0 Å². The van der Waals surface area contributed by atoms with Crippen LogP contribution in [0.25, 0.3) is 78.3 Å². The Hall–Kier alpha value is -8.52. The third-order valence-corrected chi connectivity index (χ3v) is 13.2. The molecule has 0 fully saturated rings. The van der Waals surface area contributed by atoms with Gasteiger partial charge in [-0.3, -0.25) is 15.0 Å². The van der Waals surface area contributed by atoms with Crippen molar-refractivity contribution in [2.45, 2.75) is 46.5 Å². The summed E-state index contributed by atoms with van der Waals surface area (Å²) in [5.41, 5.74) is 24.8. The van der Waals surface area contributed by atoms with Crippen molar-refractivity contribution in [3.05, 3.63) is 257 Å². The molecule has 0 saturated heterocycles.